The first kappa shape index (κ1) is 15.3. The lowest BCUT2D eigenvalue weighted by atomic mass is 10.0. The van der Waals surface area contributed by atoms with Gasteiger partial charge in [0.05, 0.1) is 5.69 Å². The molecule has 0 aliphatic carbocycles. The molecule has 0 bridgehead atoms. The Hall–Kier alpha value is -2.08. The molecular weight excluding hydrogens is 272 g/mol. The highest BCUT2D eigenvalue weighted by atomic mass is 16.5. The van der Waals surface area contributed by atoms with Gasteiger partial charge in [-0.05, 0) is 30.5 Å². The lowest BCUT2D eigenvalue weighted by Crippen LogP contribution is -2.54. The number of benzene rings is 1. The molecule has 21 heavy (non-hydrogen) atoms. The molecule has 2 rings (SSSR count). The molecule has 0 fully saturated rings. The molecule has 6 nitrogen and oxygen atoms in total. The van der Waals surface area contributed by atoms with Crippen LogP contribution in [0.15, 0.2) is 18.2 Å². The van der Waals surface area contributed by atoms with Crippen molar-refractivity contribution in [3.8, 4) is 5.75 Å². The van der Waals surface area contributed by atoms with E-state index in [4.69, 9.17) is 10.5 Å². The number of hydrogen-bond acceptors (Lipinski definition) is 4. The standard InChI is InChI=1S/C15H20N2O4/c1-8(2)13-14(18)17(9(3)15(19)20)11-5-4-10(7-16)6-12(11)21-13/h4-6,8-9,13H,7,16H2,1-3H3,(H,19,20). The van der Waals surface area contributed by atoms with E-state index in [0.717, 1.165) is 5.56 Å². The van der Waals surface area contributed by atoms with Gasteiger partial charge in [-0.3, -0.25) is 9.69 Å². The SMILES string of the molecule is CC(C)C1Oc2cc(CN)ccc2N(C(C)C(=O)O)C1=O. The molecule has 0 radical (unpaired) electrons. The molecule has 114 valence electrons. The van der Waals surface area contributed by atoms with E-state index in [-0.39, 0.29) is 11.8 Å². The molecule has 1 aromatic rings. The van der Waals surface area contributed by atoms with E-state index < -0.39 is 18.1 Å². The fraction of sp³-hybridized carbons (Fsp3) is 0.467. The predicted octanol–water partition coefficient (Wildman–Crippen LogP) is 1.37. The van der Waals surface area contributed by atoms with Crippen molar-refractivity contribution in [2.75, 3.05) is 4.90 Å². The molecular formula is C15H20N2O4. The average Bonchev–Trinajstić information content (AvgIpc) is 2.45. The number of aliphatic carboxylic acids is 1. The van der Waals surface area contributed by atoms with Gasteiger partial charge < -0.3 is 15.6 Å². The van der Waals surface area contributed by atoms with Crippen molar-refractivity contribution in [3.05, 3.63) is 23.8 Å². The third-order valence-corrected chi connectivity index (χ3v) is 3.60. The van der Waals surface area contributed by atoms with E-state index in [1.165, 1.54) is 11.8 Å². The van der Waals surface area contributed by atoms with Crippen molar-refractivity contribution in [3.63, 3.8) is 0 Å². The smallest absolute Gasteiger partial charge is 0.326 e. The van der Waals surface area contributed by atoms with Gasteiger partial charge in [0.25, 0.3) is 5.91 Å². The summed E-state index contributed by atoms with van der Waals surface area (Å²) >= 11 is 0. The summed E-state index contributed by atoms with van der Waals surface area (Å²) in [6.07, 6.45) is -0.688. The number of hydrogen-bond donors (Lipinski definition) is 2. The lowest BCUT2D eigenvalue weighted by molar-refractivity contribution is -0.141. The summed E-state index contributed by atoms with van der Waals surface area (Å²) in [6.45, 7) is 5.57. The molecule has 0 saturated heterocycles. The molecule has 1 amide bonds. The number of anilines is 1. The lowest BCUT2D eigenvalue weighted by Gasteiger charge is -2.38. The van der Waals surface area contributed by atoms with Crippen LogP contribution >= 0.6 is 0 Å². The first-order valence-corrected chi connectivity index (χ1v) is 6.92. The van der Waals surface area contributed by atoms with Crippen molar-refractivity contribution in [2.45, 2.75) is 39.5 Å². The molecule has 0 aromatic heterocycles. The van der Waals surface area contributed by atoms with Gasteiger partial charge in [-0.25, -0.2) is 4.79 Å². The van der Waals surface area contributed by atoms with Gasteiger partial charge in [0.15, 0.2) is 6.10 Å². The maximum Gasteiger partial charge on any atom is 0.326 e. The number of carbonyl (C=O) groups excluding carboxylic acids is 1. The highest BCUT2D eigenvalue weighted by Gasteiger charge is 2.40. The van der Waals surface area contributed by atoms with E-state index >= 15 is 0 Å². The molecule has 1 aliphatic heterocycles. The van der Waals surface area contributed by atoms with Gasteiger partial charge in [-0.1, -0.05) is 19.9 Å². The first-order valence-electron chi connectivity index (χ1n) is 6.92. The topological polar surface area (TPSA) is 92.9 Å². The Morgan fingerprint density at radius 2 is 2.10 bits per heavy atom. The monoisotopic (exact) mass is 292 g/mol. The zero-order valence-electron chi connectivity index (χ0n) is 12.4. The average molecular weight is 292 g/mol. The van der Waals surface area contributed by atoms with Gasteiger partial charge in [0.2, 0.25) is 0 Å². The van der Waals surface area contributed by atoms with Crippen LogP contribution in [0.3, 0.4) is 0 Å². The molecule has 2 unspecified atom stereocenters. The molecule has 0 spiro atoms. The maximum atomic E-state index is 12.5. The second-order valence-corrected chi connectivity index (χ2v) is 5.51. The van der Waals surface area contributed by atoms with Crippen LogP contribution in [-0.2, 0) is 16.1 Å². The van der Waals surface area contributed by atoms with Crippen LogP contribution in [0.1, 0.15) is 26.3 Å². The van der Waals surface area contributed by atoms with E-state index in [1.54, 1.807) is 18.2 Å². The Morgan fingerprint density at radius 1 is 1.43 bits per heavy atom. The van der Waals surface area contributed by atoms with Gasteiger partial charge in [-0.15, -0.1) is 0 Å². The molecule has 1 aliphatic rings. The Bertz CT molecular complexity index is 571. The first-order chi connectivity index (χ1) is 9.86. The number of fused-ring (bicyclic) bond motifs is 1. The fourth-order valence-corrected chi connectivity index (χ4v) is 2.35. The van der Waals surface area contributed by atoms with Crippen molar-refractivity contribution in [2.24, 2.45) is 11.7 Å². The van der Waals surface area contributed by atoms with Crippen molar-refractivity contribution in [1.29, 1.82) is 0 Å². The zero-order chi connectivity index (χ0) is 15.7. The molecule has 1 heterocycles. The van der Waals surface area contributed by atoms with Crippen LogP contribution in [0, 0.1) is 5.92 Å². The molecule has 3 N–H and O–H groups in total. The van der Waals surface area contributed by atoms with Gasteiger partial charge >= 0.3 is 5.97 Å². The maximum absolute atomic E-state index is 12.5. The number of rotatable bonds is 4. The summed E-state index contributed by atoms with van der Waals surface area (Å²) in [5, 5.41) is 9.25. The highest BCUT2D eigenvalue weighted by Crippen LogP contribution is 2.37. The number of nitrogens with two attached hydrogens (primary N) is 1. The summed E-state index contributed by atoms with van der Waals surface area (Å²) in [6, 6.07) is 4.27. The van der Waals surface area contributed by atoms with Gasteiger partial charge in [-0.2, -0.15) is 0 Å². The Kier molecular flexibility index (Phi) is 4.18. The van der Waals surface area contributed by atoms with Crippen molar-refractivity contribution in [1.82, 2.24) is 0 Å². The Balaban J connectivity index is 2.53. The number of carbonyl (C=O) groups is 2. The van der Waals surface area contributed by atoms with Gasteiger partial charge in [0, 0.05) is 6.54 Å². The van der Waals surface area contributed by atoms with Crippen LogP contribution in [0.2, 0.25) is 0 Å². The molecule has 6 heteroatoms. The Labute approximate surface area is 123 Å². The van der Waals surface area contributed by atoms with Crippen molar-refractivity contribution >= 4 is 17.6 Å². The number of carboxylic acids is 1. The highest BCUT2D eigenvalue weighted by molar-refractivity contribution is 6.04. The number of nitrogens with zero attached hydrogens (tertiary/aromatic N) is 1. The fourth-order valence-electron chi connectivity index (χ4n) is 2.35. The van der Waals surface area contributed by atoms with Crippen LogP contribution < -0.4 is 15.4 Å². The molecule has 0 saturated carbocycles. The molecule has 2 atom stereocenters. The minimum Gasteiger partial charge on any atom is -0.480 e. The predicted molar refractivity (Wildman–Crippen MR) is 78.2 cm³/mol. The van der Waals surface area contributed by atoms with E-state index in [9.17, 15) is 14.7 Å². The summed E-state index contributed by atoms with van der Waals surface area (Å²) in [5.74, 6) is -0.936. The third kappa shape index (κ3) is 2.71. The Morgan fingerprint density at radius 3 is 2.62 bits per heavy atom. The summed E-state index contributed by atoms with van der Waals surface area (Å²) in [7, 11) is 0. The summed E-state index contributed by atoms with van der Waals surface area (Å²) in [4.78, 5) is 25.1. The third-order valence-electron chi connectivity index (χ3n) is 3.60. The number of carboxylic acid groups (broad SMARTS) is 1. The van der Waals surface area contributed by atoms with Gasteiger partial charge in [0.1, 0.15) is 11.8 Å². The minimum absolute atomic E-state index is 0.0596. The summed E-state index contributed by atoms with van der Waals surface area (Å²) < 4.78 is 5.77. The zero-order valence-corrected chi connectivity index (χ0v) is 12.4. The van der Waals surface area contributed by atoms with Crippen LogP contribution in [0.25, 0.3) is 0 Å². The second kappa shape index (κ2) is 5.73. The minimum atomic E-state index is -1.05. The van der Waals surface area contributed by atoms with E-state index in [0.29, 0.717) is 18.0 Å². The number of amides is 1. The quantitative estimate of drug-likeness (QED) is 0.874. The van der Waals surface area contributed by atoms with Crippen LogP contribution in [0.5, 0.6) is 5.75 Å². The van der Waals surface area contributed by atoms with Crippen LogP contribution in [0.4, 0.5) is 5.69 Å². The van der Waals surface area contributed by atoms with Crippen LogP contribution in [-0.4, -0.2) is 29.1 Å². The van der Waals surface area contributed by atoms with E-state index in [1.807, 2.05) is 13.8 Å². The van der Waals surface area contributed by atoms with E-state index in [2.05, 4.69) is 0 Å². The van der Waals surface area contributed by atoms with Crippen molar-refractivity contribution < 1.29 is 19.4 Å². The normalized spacial score (nSPS) is 19.2. The summed E-state index contributed by atoms with van der Waals surface area (Å²) in [5.41, 5.74) is 6.96. The second-order valence-electron chi connectivity index (χ2n) is 5.51. The largest absolute Gasteiger partial charge is 0.480 e. The number of ether oxygens (including phenoxy) is 1. The molecule has 1 aromatic carbocycles.